The Morgan fingerprint density at radius 2 is 2.06 bits per heavy atom. The normalized spacial score (nSPS) is 16.5. The number of hydrogen-bond donors (Lipinski definition) is 3. The number of nitrogens with one attached hydrogen (secondary N) is 2. The molecule has 1 aromatic heterocycles. The molecule has 0 bridgehead atoms. The highest BCUT2D eigenvalue weighted by Gasteiger charge is 2.29. The second kappa shape index (κ2) is 11.7. The molecule has 0 aliphatic carbocycles. The highest BCUT2D eigenvalue weighted by molar-refractivity contribution is 6.11. The molecule has 2 heterocycles. The maximum Gasteiger partial charge on any atom is 0.161 e. The zero-order valence-corrected chi connectivity index (χ0v) is 20.7. The van der Waals surface area contributed by atoms with Crippen LogP contribution in [0.15, 0.2) is 60.4 Å². The van der Waals surface area contributed by atoms with Gasteiger partial charge in [-0.05, 0) is 50.1 Å². The van der Waals surface area contributed by atoms with Gasteiger partial charge in [0, 0.05) is 63.0 Å². The van der Waals surface area contributed by atoms with E-state index in [9.17, 15) is 5.11 Å². The second-order valence-electron chi connectivity index (χ2n) is 8.75. The molecule has 1 saturated heterocycles. The van der Waals surface area contributed by atoms with Crippen LogP contribution in [-0.2, 0) is 0 Å². The number of rotatable bonds is 9. The summed E-state index contributed by atoms with van der Waals surface area (Å²) < 4.78 is 0. The molecular formula is C27H36N6O. The first-order chi connectivity index (χ1) is 16.4. The maximum atomic E-state index is 11.0. The third kappa shape index (κ3) is 6.40. The molecule has 34 heavy (non-hydrogen) atoms. The highest BCUT2D eigenvalue weighted by Crippen LogP contribution is 2.28. The summed E-state index contributed by atoms with van der Waals surface area (Å²) in [7, 11) is 5.72. The largest absolute Gasteiger partial charge is 0.388 e. The average Bonchev–Trinajstić information content (AvgIpc) is 2.85. The van der Waals surface area contributed by atoms with Crippen LogP contribution in [0.4, 0.5) is 5.82 Å². The van der Waals surface area contributed by atoms with E-state index in [1.165, 1.54) is 0 Å². The van der Waals surface area contributed by atoms with Gasteiger partial charge in [0.15, 0.2) is 5.82 Å². The van der Waals surface area contributed by atoms with Gasteiger partial charge in [0.25, 0.3) is 0 Å². The Bertz CT molecular complexity index is 1080. The van der Waals surface area contributed by atoms with E-state index >= 15 is 0 Å². The number of anilines is 1. The van der Waals surface area contributed by atoms with Crippen LogP contribution in [0.3, 0.4) is 0 Å². The van der Waals surface area contributed by atoms with Gasteiger partial charge < -0.3 is 20.6 Å². The molecule has 3 rings (SSSR count). The van der Waals surface area contributed by atoms with Crippen molar-refractivity contribution in [2.75, 3.05) is 46.1 Å². The van der Waals surface area contributed by atoms with E-state index in [4.69, 9.17) is 4.98 Å². The summed E-state index contributed by atoms with van der Waals surface area (Å²) >= 11 is 0. The Labute approximate surface area is 203 Å². The number of nitrogens with zero attached hydrogens (tertiary/aromatic N) is 4. The molecule has 0 unspecified atom stereocenters. The predicted molar refractivity (Wildman–Crippen MR) is 143 cm³/mol. The summed E-state index contributed by atoms with van der Waals surface area (Å²) in [5.74, 6) is 1.30. The molecule has 1 fully saturated rings. The molecular weight excluding hydrogens is 424 g/mol. The number of aliphatic imine (C=N–C) groups is 1. The van der Waals surface area contributed by atoms with Crippen LogP contribution in [0, 0.1) is 0 Å². The van der Waals surface area contributed by atoms with E-state index in [0.29, 0.717) is 31.0 Å². The van der Waals surface area contributed by atoms with Gasteiger partial charge in [-0.2, -0.15) is 0 Å². The van der Waals surface area contributed by atoms with Crippen LogP contribution in [0.25, 0.3) is 22.5 Å². The summed E-state index contributed by atoms with van der Waals surface area (Å²) in [6.45, 7) is 7.96. The molecule has 180 valence electrons. The first-order valence-corrected chi connectivity index (χ1v) is 11.6. The fourth-order valence-corrected chi connectivity index (χ4v) is 3.98. The molecule has 0 atom stereocenters. The smallest absolute Gasteiger partial charge is 0.161 e. The number of benzene rings is 1. The zero-order chi connectivity index (χ0) is 24.6. The van der Waals surface area contributed by atoms with Crippen LogP contribution < -0.4 is 10.6 Å². The van der Waals surface area contributed by atoms with Gasteiger partial charge in [-0.3, -0.25) is 4.99 Å². The number of hydrogen-bond acceptors (Lipinski definition) is 7. The maximum absolute atomic E-state index is 11.0. The molecule has 3 N–H and O–H groups in total. The van der Waals surface area contributed by atoms with E-state index in [1.807, 2.05) is 62.6 Å². The molecule has 0 spiro atoms. The fraction of sp³-hybridized carbons (Fsp3) is 0.370. The number of aromatic nitrogens is 2. The van der Waals surface area contributed by atoms with Gasteiger partial charge in [0.2, 0.25) is 0 Å². The van der Waals surface area contributed by atoms with Gasteiger partial charge in [-0.15, -0.1) is 0 Å². The molecule has 1 aliphatic rings. The average molecular weight is 461 g/mol. The molecule has 0 radical (unpaired) electrons. The van der Waals surface area contributed by atoms with Gasteiger partial charge in [0.05, 0.1) is 5.60 Å². The predicted octanol–water partition coefficient (Wildman–Crippen LogP) is 3.86. The van der Waals surface area contributed by atoms with Crippen molar-refractivity contribution < 1.29 is 5.11 Å². The van der Waals surface area contributed by atoms with Crippen molar-refractivity contribution in [3.8, 4) is 11.4 Å². The Morgan fingerprint density at radius 1 is 1.29 bits per heavy atom. The van der Waals surface area contributed by atoms with Crippen molar-refractivity contribution in [3.05, 3.63) is 66.5 Å². The van der Waals surface area contributed by atoms with Crippen LogP contribution >= 0.6 is 0 Å². The van der Waals surface area contributed by atoms with Gasteiger partial charge in [-0.1, -0.05) is 36.9 Å². The Kier molecular flexibility index (Phi) is 8.73. The van der Waals surface area contributed by atoms with Gasteiger partial charge in [0.1, 0.15) is 5.82 Å². The second-order valence-corrected chi connectivity index (χ2v) is 8.75. The highest BCUT2D eigenvalue weighted by atomic mass is 16.3. The minimum absolute atomic E-state index is 0.421. The first-order valence-electron chi connectivity index (χ1n) is 11.6. The lowest BCUT2D eigenvalue weighted by Gasteiger charge is -2.33. The summed E-state index contributed by atoms with van der Waals surface area (Å²) in [6, 6.07) is 8.13. The number of allylic oxidation sites excluding steroid dienone is 4. The molecule has 0 amide bonds. The molecule has 2 aromatic rings. The van der Waals surface area contributed by atoms with E-state index in [2.05, 4.69) is 39.3 Å². The minimum Gasteiger partial charge on any atom is -0.388 e. The minimum atomic E-state index is -0.766. The number of aliphatic hydroxyl groups is 1. The molecule has 0 saturated carbocycles. The first kappa shape index (κ1) is 25.3. The van der Waals surface area contributed by atoms with Gasteiger partial charge >= 0.3 is 0 Å². The fourth-order valence-electron chi connectivity index (χ4n) is 3.98. The topological polar surface area (TPSA) is 85.7 Å². The Balaban J connectivity index is 2.00. The third-order valence-electron chi connectivity index (χ3n) is 5.87. The van der Waals surface area contributed by atoms with Crippen LogP contribution in [0.2, 0.25) is 0 Å². The monoisotopic (exact) mass is 460 g/mol. The summed E-state index contributed by atoms with van der Waals surface area (Å²) in [5, 5.41) is 17.7. The lowest BCUT2D eigenvalue weighted by molar-refractivity contribution is 0.0231. The van der Waals surface area contributed by atoms with Crippen molar-refractivity contribution in [1.29, 1.82) is 0 Å². The molecule has 1 aliphatic heterocycles. The van der Waals surface area contributed by atoms with Crippen molar-refractivity contribution in [1.82, 2.24) is 20.2 Å². The van der Waals surface area contributed by atoms with Crippen molar-refractivity contribution in [2.45, 2.75) is 25.4 Å². The SMILES string of the molecule is C=C/C(=C\N(C)C)c1cccc(-c2ncc(/C(C=NC)=C/C)c(NCC3(O)CCNCC3)n2)c1. The number of piperidine rings is 1. The van der Waals surface area contributed by atoms with Crippen LogP contribution in [0.1, 0.15) is 30.9 Å². The molecule has 7 nitrogen and oxygen atoms in total. The van der Waals surface area contributed by atoms with E-state index in [0.717, 1.165) is 40.9 Å². The third-order valence-corrected chi connectivity index (χ3v) is 5.87. The quantitative estimate of drug-likeness (QED) is 0.389. The van der Waals surface area contributed by atoms with Gasteiger partial charge in [-0.25, -0.2) is 9.97 Å². The summed E-state index contributed by atoms with van der Waals surface area (Å²) in [5.41, 5.74) is 3.98. The standard InChI is InChI=1S/C27H36N6O/c1-6-20(16-28-3)24-17-30-25(32-26(24)31-19-27(34)11-13-29-14-12-27)23-10-8-9-22(15-23)21(7-2)18-33(4)5/h6-10,15-18,29,34H,2,11-14,19H2,1,3-5H3,(H,30,31,32)/b20-6+,21-18+,28-16?. The molecule has 7 heteroatoms. The lowest BCUT2D eigenvalue weighted by Crippen LogP contribution is -2.46. The van der Waals surface area contributed by atoms with E-state index in [-0.39, 0.29) is 0 Å². The molecule has 1 aromatic carbocycles. The zero-order valence-electron chi connectivity index (χ0n) is 20.7. The lowest BCUT2D eigenvalue weighted by atomic mass is 9.92. The van der Waals surface area contributed by atoms with Crippen molar-refractivity contribution in [3.63, 3.8) is 0 Å². The van der Waals surface area contributed by atoms with Crippen LogP contribution in [0.5, 0.6) is 0 Å². The Morgan fingerprint density at radius 3 is 2.71 bits per heavy atom. The van der Waals surface area contributed by atoms with E-state index < -0.39 is 5.60 Å². The summed E-state index contributed by atoms with van der Waals surface area (Å²) in [6.07, 6.45) is 10.9. The van der Waals surface area contributed by atoms with E-state index in [1.54, 1.807) is 13.3 Å². The van der Waals surface area contributed by atoms with Crippen LogP contribution in [-0.4, -0.2) is 72.6 Å². The Hall–Kier alpha value is -3.29. The van der Waals surface area contributed by atoms with Crippen molar-refractivity contribution >= 4 is 23.2 Å². The van der Waals surface area contributed by atoms with Crippen molar-refractivity contribution in [2.24, 2.45) is 4.99 Å². The summed E-state index contributed by atoms with van der Waals surface area (Å²) in [4.78, 5) is 15.7.